The molecule has 1 fully saturated rings. The minimum atomic E-state index is 0.0748. The molecule has 1 atom stereocenters. The standard InChI is InChI=1S/C19H26N4O2/c1-2-17(20-13-15-9-10-21-22-15)16-7-3-4-8-18(16)25-14-19(24)23-11-5-6-12-23/h3-4,7-10,17,20H,2,5-6,11-14H2,1H3,(H,21,22). The lowest BCUT2D eigenvalue weighted by Crippen LogP contribution is -2.32. The molecule has 0 saturated carbocycles. The van der Waals surface area contributed by atoms with E-state index >= 15 is 0 Å². The summed E-state index contributed by atoms with van der Waals surface area (Å²) in [7, 11) is 0. The molecule has 0 radical (unpaired) electrons. The number of hydrogen-bond donors (Lipinski definition) is 2. The Hall–Kier alpha value is -2.34. The summed E-state index contributed by atoms with van der Waals surface area (Å²) in [4.78, 5) is 14.1. The van der Waals surface area contributed by atoms with E-state index in [9.17, 15) is 4.79 Å². The number of rotatable bonds is 8. The smallest absolute Gasteiger partial charge is 0.260 e. The van der Waals surface area contributed by atoms with Gasteiger partial charge in [-0.15, -0.1) is 0 Å². The number of para-hydroxylation sites is 1. The summed E-state index contributed by atoms with van der Waals surface area (Å²) in [6.07, 6.45) is 4.86. The number of ether oxygens (including phenoxy) is 1. The number of benzene rings is 1. The maximum Gasteiger partial charge on any atom is 0.260 e. The number of hydrogen-bond acceptors (Lipinski definition) is 4. The van der Waals surface area contributed by atoms with Gasteiger partial charge in [0, 0.05) is 43.1 Å². The fourth-order valence-electron chi connectivity index (χ4n) is 3.19. The van der Waals surface area contributed by atoms with E-state index in [-0.39, 0.29) is 18.6 Å². The molecule has 1 aromatic carbocycles. The van der Waals surface area contributed by atoms with Gasteiger partial charge in [0.15, 0.2) is 6.61 Å². The van der Waals surface area contributed by atoms with Gasteiger partial charge in [0.25, 0.3) is 5.91 Å². The lowest BCUT2D eigenvalue weighted by molar-refractivity contribution is -0.132. The van der Waals surface area contributed by atoms with Crippen LogP contribution in [0.4, 0.5) is 0 Å². The minimum Gasteiger partial charge on any atom is -0.483 e. The monoisotopic (exact) mass is 342 g/mol. The van der Waals surface area contributed by atoms with E-state index in [1.54, 1.807) is 6.20 Å². The van der Waals surface area contributed by atoms with Crippen molar-refractivity contribution in [1.82, 2.24) is 20.4 Å². The molecule has 1 aliphatic heterocycles. The highest BCUT2D eigenvalue weighted by molar-refractivity contribution is 5.78. The Bertz CT molecular complexity index is 666. The van der Waals surface area contributed by atoms with Gasteiger partial charge in [0.1, 0.15) is 5.75 Å². The van der Waals surface area contributed by atoms with E-state index in [1.165, 1.54) is 0 Å². The van der Waals surface area contributed by atoms with Gasteiger partial charge in [0.2, 0.25) is 0 Å². The van der Waals surface area contributed by atoms with Crippen LogP contribution in [0.25, 0.3) is 0 Å². The highest BCUT2D eigenvalue weighted by Gasteiger charge is 2.20. The van der Waals surface area contributed by atoms with Crippen LogP contribution in [-0.4, -0.2) is 40.7 Å². The fraction of sp³-hybridized carbons (Fsp3) is 0.474. The van der Waals surface area contributed by atoms with Crippen LogP contribution in [0.2, 0.25) is 0 Å². The molecule has 134 valence electrons. The Morgan fingerprint density at radius 3 is 2.84 bits per heavy atom. The highest BCUT2D eigenvalue weighted by Crippen LogP contribution is 2.27. The van der Waals surface area contributed by atoms with Crippen molar-refractivity contribution in [3.63, 3.8) is 0 Å². The molecule has 1 unspecified atom stereocenters. The average molecular weight is 342 g/mol. The number of amides is 1. The van der Waals surface area contributed by atoms with Crippen molar-refractivity contribution in [3.8, 4) is 5.75 Å². The first-order valence-electron chi connectivity index (χ1n) is 8.99. The number of carbonyl (C=O) groups excluding carboxylic acids is 1. The molecule has 25 heavy (non-hydrogen) atoms. The molecule has 2 N–H and O–H groups in total. The van der Waals surface area contributed by atoms with E-state index in [4.69, 9.17) is 4.74 Å². The molecular formula is C19H26N4O2. The van der Waals surface area contributed by atoms with Crippen LogP contribution in [0, 0.1) is 0 Å². The van der Waals surface area contributed by atoms with Gasteiger partial charge in [-0.3, -0.25) is 9.89 Å². The van der Waals surface area contributed by atoms with E-state index in [0.29, 0.717) is 6.54 Å². The lowest BCUT2D eigenvalue weighted by Gasteiger charge is -2.21. The largest absolute Gasteiger partial charge is 0.483 e. The van der Waals surface area contributed by atoms with E-state index in [1.807, 2.05) is 29.2 Å². The van der Waals surface area contributed by atoms with Gasteiger partial charge < -0.3 is 15.0 Å². The van der Waals surface area contributed by atoms with Crippen LogP contribution in [0.1, 0.15) is 43.5 Å². The van der Waals surface area contributed by atoms with Crippen molar-refractivity contribution < 1.29 is 9.53 Å². The molecule has 0 spiro atoms. The molecule has 2 heterocycles. The van der Waals surface area contributed by atoms with Crippen molar-refractivity contribution in [2.75, 3.05) is 19.7 Å². The maximum atomic E-state index is 12.2. The van der Waals surface area contributed by atoms with Crippen LogP contribution in [0.15, 0.2) is 36.5 Å². The Morgan fingerprint density at radius 2 is 2.12 bits per heavy atom. The Labute approximate surface area is 148 Å². The van der Waals surface area contributed by atoms with Gasteiger partial charge in [0.05, 0.1) is 0 Å². The second-order valence-electron chi connectivity index (χ2n) is 6.34. The summed E-state index contributed by atoms with van der Waals surface area (Å²) in [6, 6.07) is 10.1. The summed E-state index contributed by atoms with van der Waals surface area (Å²) < 4.78 is 5.88. The van der Waals surface area contributed by atoms with Crippen LogP contribution >= 0.6 is 0 Å². The van der Waals surface area contributed by atoms with Gasteiger partial charge in [-0.05, 0) is 31.4 Å². The predicted molar refractivity (Wildman–Crippen MR) is 96.2 cm³/mol. The Morgan fingerprint density at radius 1 is 1.32 bits per heavy atom. The summed E-state index contributed by atoms with van der Waals surface area (Å²) in [5.41, 5.74) is 2.12. The third-order valence-electron chi connectivity index (χ3n) is 4.61. The first kappa shape index (κ1) is 17.5. The van der Waals surface area contributed by atoms with Crippen molar-refractivity contribution in [1.29, 1.82) is 0 Å². The zero-order chi connectivity index (χ0) is 17.5. The van der Waals surface area contributed by atoms with Gasteiger partial charge in [-0.2, -0.15) is 5.10 Å². The van der Waals surface area contributed by atoms with Crippen LogP contribution in [0.5, 0.6) is 5.75 Å². The highest BCUT2D eigenvalue weighted by atomic mass is 16.5. The summed E-state index contributed by atoms with van der Waals surface area (Å²) in [6.45, 7) is 4.66. The topological polar surface area (TPSA) is 70.2 Å². The number of nitrogens with zero attached hydrogens (tertiary/aromatic N) is 2. The van der Waals surface area contributed by atoms with E-state index < -0.39 is 0 Å². The molecule has 3 rings (SSSR count). The molecule has 0 aliphatic carbocycles. The fourth-order valence-corrected chi connectivity index (χ4v) is 3.19. The van der Waals surface area contributed by atoms with E-state index in [0.717, 1.165) is 49.4 Å². The molecule has 1 amide bonds. The number of carbonyl (C=O) groups is 1. The van der Waals surface area contributed by atoms with Gasteiger partial charge in [-0.25, -0.2) is 0 Å². The molecule has 1 aliphatic rings. The lowest BCUT2D eigenvalue weighted by atomic mass is 10.0. The number of H-pyrrole nitrogens is 1. The van der Waals surface area contributed by atoms with Crippen LogP contribution < -0.4 is 10.1 Å². The normalized spacial score (nSPS) is 15.3. The van der Waals surface area contributed by atoms with Crippen molar-refractivity contribution in [3.05, 3.63) is 47.8 Å². The molecule has 2 aromatic rings. The van der Waals surface area contributed by atoms with Crippen molar-refractivity contribution in [2.45, 2.75) is 38.8 Å². The summed E-state index contributed by atoms with van der Waals surface area (Å²) in [5, 5.41) is 10.5. The molecule has 6 nitrogen and oxygen atoms in total. The number of likely N-dealkylation sites (tertiary alicyclic amines) is 1. The predicted octanol–water partition coefficient (Wildman–Crippen LogP) is 2.65. The van der Waals surface area contributed by atoms with E-state index in [2.05, 4.69) is 28.5 Å². The first-order chi connectivity index (χ1) is 12.3. The third kappa shape index (κ3) is 4.60. The number of aromatic amines is 1. The van der Waals surface area contributed by atoms with Gasteiger partial charge >= 0.3 is 0 Å². The zero-order valence-electron chi connectivity index (χ0n) is 14.7. The second-order valence-corrected chi connectivity index (χ2v) is 6.34. The second kappa shape index (κ2) is 8.67. The minimum absolute atomic E-state index is 0.0748. The number of aromatic nitrogens is 2. The van der Waals surface area contributed by atoms with Crippen LogP contribution in [-0.2, 0) is 11.3 Å². The van der Waals surface area contributed by atoms with Crippen molar-refractivity contribution in [2.24, 2.45) is 0 Å². The molecule has 1 saturated heterocycles. The molecule has 0 bridgehead atoms. The molecular weight excluding hydrogens is 316 g/mol. The number of nitrogens with one attached hydrogen (secondary N) is 2. The maximum absolute atomic E-state index is 12.2. The summed E-state index contributed by atoms with van der Waals surface area (Å²) in [5.74, 6) is 0.852. The molecule has 1 aromatic heterocycles. The first-order valence-corrected chi connectivity index (χ1v) is 8.99. The Kier molecular flexibility index (Phi) is 6.06. The zero-order valence-corrected chi connectivity index (χ0v) is 14.7. The molecule has 6 heteroatoms. The summed E-state index contributed by atoms with van der Waals surface area (Å²) >= 11 is 0. The SMILES string of the molecule is CCC(NCc1ccn[nH]1)c1ccccc1OCC(=O)N1CCCC1. The quantitative estimate of drug-likeness (QED) is 0.774. The average Bonchev–Trinajstić information content (AvgIpc) is 3.35. The third-order valence-corrected chi connectivity index (χ3v) is 4.61. The Balaban J connectivity index is 1.62. The van der Waals surface area contributed by atoms with Crippen molar-refractivity contribution >= 4 is 5.91 Å². The van der Waals surface area contributed by atoms with Crippen LogP contribution in [0.3, 0.4) is 0 Å². The van der Waals surface area contributed by atoms with Gasteiger partial charge in [-0.1, -0.05) is 25.1 Å².